The molecule has 0 spiro atoms. The second-order valence-electron chi connectivity index (χ2n) is 9.84. The summed E-state index contributed by atoms with van der Waals surface area (Å²) in [6.07, 6.45) is 6.55. The molecule has 1 amide bonds. The van der Waals surface area contributed by atoms with Crippen LogP contribution in [0.2, 0.25) is 5.02 Å². The number of rotatable bonds is 8. The van der Waals surface area contributed by atoms with E-state index in [1.165, 1.54) is 12.1 Å². The zero-order valence-corrected chi connectivity index (χ0v) is 24.4. The van der Waals surface area contributed by atoms with Gasteiger partial charge in [-0.1, -0.05) is 36.0 Å². The first-order chi connectivity index (χ1) is 19.0. The zero-order valence-electron chi connectivity index (χ0n) is 22.0. The van der Waals surface area contributed by atoms with Gasteiger partial charge in [-0.2, -0.15) is 0 Å². The maximum Gasteiger partial charge on any atom is 0.250 e. The van der Waals surface area contributed by atoms with Crippen molar-refractivity contribution in [3.8, 4) is 5.75 Å². The molecule has 210 valence electrons. The predicted octanol–water partition coefficient (Wildman–Crippen LogP) is 4.01. The zero-order chi connectivity index (χ0) is 28.6. The molecular weight excluding hydrogens is 572 g/mol. The number of ether oxygens (including phenoxy) is 2. The minimum absolute atomic E-state index is 0.0816. The van der Waals surface area contributed by atoms with Gasteiger partial charge in [0.05, 0.1) is 37.5 Å². The number of carbonyl (C=O) groups is 1. The number of piperidine rings is 1. The number of halogens is 1. The van der Waals surface area contributed by atoms with Crippen molar-refractivity contribution < 1.29 is 22.7 Å². The third-order valence-corrected chi connectivity index (χ3v) is 8.96. The molecule has 1 saturated heterocycles. The summed E-state index contributed by atoms with van der Waals surface area (Å²) < 4.78 is 38.6. The monoisotopic (exact) mass is 600 g/mol. The van der Waals surface area contributed by atoms with Crippen LogP contribution in [0.15, 0.2) is 65.3 Å². The van der Waals surface area contributed by atoms with E-state index < -0.39 is 28.0 Å². The van der Waals surface area contributed by atoms with Crippen LogP contribution in [-0.4, -0.2) is 60.3 Å². The lowest BCUT2D eigenvalue weighted by Crippen LogP contribution is -2.34. The van der Waals surface area contributed by atoms with Crippen LogP contribution in [0.1, 0.15) is 31.4 Å². The lowest BCUT2D eigenvalue weighted by Gasteiger charge is -2.27. The molecule has 2 aliphatic rings. The third-order valence-electron chi connectivity index (χ3n) is 6.99. The summed E-state index contributed by atoms with van der Waals surface area (Å²) in [7, 11) is -3.45. The second-order valence-corrected chi connectivity index (χ2v) is 12.7. The number of primary amides is 1. The van der Waals surface area contributed by atoms with Gasteiger partial charge in [0.25, 0.3) is 0 Å². The number of nitrogens with two attached hydrogens (primary N) is 1. The average molecular weight is 601 g/mol. The SMILES string of the molecule is C[C@@H](OC1C=C(n2cnc3ccc(S(C)(=O)=O)cc32)C=C(C(N)=O)C1=S)c1cccc(OC2CCNCC2)c1Cl. The van der Waals surface area contributed by atoms with Crippen LogP contribution in [0.25, 0.3) is 16.7 Å². The number of amides is 1. The number of benzene rings is 2. The minimum Gasteiger partial charge on any atom is -0.489 e. The van der Waals surface area contributed by atoms with E-state index in [-0.39, 0.29) is 21.4 Å². The van der Waals surface area contributed by atoms with Crippen molar-refractivity contribution in [1.82, 2.24) is 14.9 Å². The molecule has 2 heterocycles. The van der Waals surface area contributed by atoms with E-state index in [1.54, 1.807) is 29.1 Å². The van der Waals surface area contributed by atoms with Gasteiger partial charge in [0.15, 0.2) is 9.84 Å². The van der Waals surface area contributed by atoms with Gasteiger partial charge < -0.3 is 20.5 Å². The molecule has 2 aromatic carbocycles. The van der Waals surface area contributed by atoms with E-state index in [1.807, 2.05) is 25.1 Å². The Morgan fingerprint density at radius 2 is 2.00 bits per heavy atom. The molecule has 0 radical (unpaired) electrons. The number of nitrogens with one attached hydrogen (secondary N) is 1. The highest BCUT2D eigenvalue weighted by Gasteiger charge is 2.29. The van der Waals surface area contributed by atoms with E-state index in [0.29, 0.717) is 33.1 Å². The van der Waals surface area contributed by atoms with Crippen LogP contribution in [0.3, 0.4) is 0 Å². The Labute approximate surface area is 242 Å². The second kappa shape index (κ2) is 11.4. The van der Waals surface area contributed by atoms with Crippen molar-refractivity contribution in [2.75, 3.05) is 19.3 Å². The predicted molar refractivity (Wildman–Crippen MR) is 158 cm³/mol. The molecule has 3 aromatic rings. The summed E-state index contributed by atoms with van der Waals surface area (Å²) in [5.74, 6) is -0.109. The standard InChI is InChI=1S/C28H29ClN4O5S2/c1-16(20-4-3-5-24(26(20)29)38-18-8-10-31-11-9-18)37-25-13-17(12-21(27(25)39)28(30)34)33-15-32-22-7-6-19(14-23(22)33)40(2,35)36/h3-7,12-16,18,25,31H,8-11H2,1-2H3,(H2,30,34)/t16-,25?/m1/s1. The highest BCUT2D eigenvalue weighted by molar-refractivity contribution is 7.90. The number of hydrogen-bond acceptors (Lipinski definition) is 8. The molecule has 0 bridgehead atoms. The van der Waals surface area contributed by atoms with E-state index >= 15 is 0 Å². The number of imidazole rings is 1. The number of hydrogen-bond donors (Lipinski definition) is 2. The summed E-state index contributed by atoms with van der Waals surface area (Å²) in [6, 6.07) is 10.2. The van der Waals surface area contributed by atoms with Crippen LogP contribution in [0.5, 0.6) is 5.75 Å². The molecule has 12 heteroatoms. The third kappa shape index (κ3) is 5.84. The van der Waals surface area contributed by atoms with Gasteiger partial charge in [0.2, 0.25) is 5.91 Å². The molecular formula is C28H29ClN4O5S2. The molecule has 0 saturated carbocycles. The van der Waals surface area contributed by atoms with Gasteiger partial charge in [0.1, 0.15) is 24.3 Å². The summed E-state index contributed by atoms with van der Waals surface area (Å²) in [6.45, 7) is 3.64. The number of aromatic nitrogens is 2. The minimum atomic E-state index is -3.45. The molecule has 5 rings (SSSR count). The summed E-state index contributed by atoms with van der Waals surface area (Å²) in [5.41, 5.74) is 8.16. The fourth-order valence-electron chi connectivity index (χ4n) is 4.84. The van der Waals surface area contributed by atoms with E-state index in [0.717, 1.165) is 32.2 Å². The molecule has 9 nitrogen and oxygen atoms in total. The van der Waals surface area contributed by atoms with Gasteiger partial charge in [0, 0.05) is 17.5 Å². The summed E-state index contributed by atoms with van der Waals surface area (Å²) in [5, 5.41) is 3.78. The van der Waals surface area contributed by atoms with E-state index in [9.17, 15) is 13.2 Å². The quantitative estimate of drug-likeness (QED) is 0.372. The van der Waals surface area contributed by atoms with Crippen LogP contribution in [0, 0.1) is 0 Å². The first-order valence-corrected chi connectivity index (χ1v) is 15.5. The summed E-state index contributed by atoms with van der Waals surface area (Å²) >= 11 is 12.4. The van der Waals surface area contributed by atoms with Crippen LogP contribution < -0.4 is 15.8 Å². The molecule has 40 heavy (non-hydrogen) atoms. The Morgan fingerprint density at radius 3 is 2.70 bits per heavy atom. The number of thiocarbonyl (C=S) groups is 1. The first-order valence-electron chi connectivity index (χ1n) is 12.8. The van der Waals surface area contributed by atoms with Crippen LogP contribution in [0.4, 0.5) is 0 Å². The molecule has 1 aliphatic carbocycles. The van der Waals surface area contributed by atoms with Gasteiger partial charge in [-0.25, -0.2) is 13.4 Å². The lowest BCUT2D eigenvalue weighted by atomic mass is 9.98. The van der Waals surface area contributed by atoms with Gasteiger partial charge >= 0.3 is 0 Å². The van der Waals surface area contributed by atoms with Gasteiger partial charge in [-0.05, 0) is 69.3 Å². The van der Waals surface area contributed by atoms with Crippen molar-refractivity contribution >= 4 is 61.2 Å². The van der Waals surface area contributed by atoms with Crippen LogP contribution in [-0.2, 0) is 19.4 Å². The Bertz CT molecular complexity index is 1660. The number of sulfone groups is 1. The van der Waals surface area contributed by atoms with Crippen molar-refractivity contribution in [2.24, 2.45) is 5.73 Å². The highest BCUT2D eigenvalue weighted by atomic mass is 35.5. The molecule has 2 atom stereocenters. The largest absolute Gasteiger partial charge is 0.489 e. The van der Waals surface area contributed by atoms with Gasteiger partial charge in [-0.3, -0.25) is 9.36 Å². The van der Waals surface area contributed by atoms with Crippen LogP contribution >= 0.6 is 23.8 Å². The Hall–Kier alpha value is -3.09. The number of carbonyl (C=O) groups excluding carboxylic acids is 1. The number of nitrogens with zero attached hydrogens (tertiary/aromatic N) is 2. The fourth-order valence-corrected chi connectivity index (χ4v) is 6.09. The van der Waals surface area contributed by atoms with Gasteiger partial charge in [-0.15, -0.1) is 0 Å². The molecule has 1 unspecified atom stereocenters. The molecule has 3 N–H and O–H groups in total. The van der Waals surface area contributed by atoms with E-state index in [4.69, 9.17) is 39.0 Å². The summed E-state index contributed by atoms with van der Waals surface area (Å²) in [4.78, 5) is 17.1. The van der Waals surface area contributed by atoms with Crippen molar-refractivity contribution in [2.45, 2.75) is 43.0 Å². The Morgan fingerprint density at radius 1 is 1.25 bits per heavy atom. The normalized spacial score (nSPS) is 19.3. The Kier molecular flexibility index (Phi) is 8.12. The molecule has 1 aliphatic heterocycles. The number of allylic oxidation sites excluding steroid dienone is 2. The number of fused-ring (bicyclic) bond motifs is 1. The Balaban J connectivity index is 1.47. The molecule has 1 fully saturated rings. The smallest absolute Gasteiger partial charge is 0.250 e. The maximum absolute atomic E-state index is 12.4. The van der Waals surface area contributed by atoms with E-state index in [2.05, 4.69) is 10.3 Å². The van der Waals surface area contributed by atoms with Crippen molar-refractivity contribution in [3.63, 3.8) is 0 Å². The first kappa shape index (κ1) is 28.4. The average Bonchev–Trinajstić information content (AvgIpc) is 3.34. The maximum atomic E-state index is 12.4. The van der Waals surface area contributed by atoms with Crippen molar-refractivity contribution in [1.29, 1.82) is 0 Å². The molecule has 1 aromatic heterocycles. The fraction of sp³-hybridized carbons (Fsp3) is 0.321. The highest BCUT2D eigenvalue weighted by Crippen LogP contribution is 2.36. The lowest BCUT2D eigenvalue weighted by molar-refractivity contribution is -0.114. The van der Waals surface area contributed by atoms with Crippen molar-refractivity contribution in [3.05, 3.63) is 71.0 Å². The topological polar surface area (TPSA) is 126 Å².